The van der Waals surface area contributed by atoms with E-state index in [4.69, 9.17) is 4.42 Å². The lowest BCUT2D eigenvalue weighted by Crippen LogP contribution is -2.47. The Balaban J connectivity index is 1.71. The highest BCUT2D eigenvalue weighted by atomic mass is 32.1. The van der Waals surface area contributed by atoms with Crippen molar-refractivity contribution in [3.63, 3.8) is 0 Å². The number of benzene rings is 1. The first-order valence-electron chi connectivity index (χ1n) is 8.62. The highest BCUT2D eigenvalue weighted by Gasteiger charge is 2.28. The zero-order chi connectivity index (χ0) is 19.2. The Morgan fingerprint density at radius 1 is 1.15 bits per heavy atom. The lowest BCUT2D eigenvalue weighted by Gasteiger charge is -2.22. The van der Waals surface area contributed by atoms with Crippen molar-refractivity contribution in [2.24, 2.45) is 5.92 Å². The molecule has 0 aliphatic carbocycles. The largest absolute Gasteiger partial charge is 0.459 e. The zero-order valence-corrected chi connectivity index (χ0v) is 15.8. The first-order chi connectivity index (χ1) is 13.1. The van der Waals surface area contributed by atoms with E-state index in [1.807, 2.05) is 44.2 Å². The first-order valence-corrected chi connectivity index (χ1v) is 9.44. The summed E-state index contributed by atoms with van der Waals surface area (Å²) in [6, 6.07) is 12.1. The third-order valence-electron chi connectivity index (χ3n) is 4.20. The Hall–Kier alpha value is -3.00. The number of anilines is 1. The number of carbonyl (C=O) groups is 2. The van der Waals surface area contributed by atoms with Gasteiger partial charge in [-0.2, -0.15) is 0 Å². The van der Waals surface area contributed by atoms with Crippen molar-refractivity contribution in [1.82, 2.24) is 15.5 Å². The van der Waals surface area contributed by atoms with E-state index >= 15 is 0 Å². The summed E-state index contributed by atoms with van der Waals surface area (Å²) in [6.45, 7) is 3.87. The standard InChI is InChI=1S/C19H20N4O3S/c1-3-12(2)15(20-16(24)14-10-7-11-26-14)17(25)21-19-23-22-18(27-19)13-8-5-4-6-9-13/h4-12,15H,3H2,1-2H3,(H,20,24)(H,21,23,25). The third kappa shape index (κ3) is 4.59. The molecular weight excluding hydrogens is 364 g/mol. The number of hydrogen-bond acceptors (Lipinski definition) is 6. The summed E-state index contributed by atoms with van der Waals surface area (Å²) in [5.41, 5.74) is 0.931. The molecule has 2 heterocycles. The van der Waals surface area contributed by atoms with E-state index < -0.39 is 11.9 Å². The summed E-state index contributed by atoms with van der Waals surface area (Å²) < 4.78 is 5.10. The second kappa shape index (κ2) is 8.59. The van der Waals surface area contributed by atoms with Crippen molar-refractivity contribution in [2.75, 3.05) is 5.32 Å². The Kier molecular flexibility index (Phi) is 5.97. The van der Waals surface area contributed by atoms with Gasteiger partial charge in [0.15, 0.2) is 5.76 Å². The SMILES string of the molecule is CCC(C)C(NC(=O)c1ccco1)C(=O)Nc1nnc(-c2ccccc2)s1. The van der Waals surface area contributed by atoms with Crippen molar-refractivity contribution in [2.45, 2.75) is 26.3 Å². The fraction of sp³-hybridized carbons (Fsp3) is 0.263. The molecule has 2 amide bonds. The van der Waals surface area contributed by atoms with Crippen molar-refractivity contribution in [3.8, 4) is 10.6 Å². The maximum atomic E-state index is 12.7. The van der Waals surface area contributed by atoms with E-state index in [1.54, 1.807) is 12.1 Å². The number of nitrogens with zero attached hydrogens (tertiary/aromatic N) is 2. The molecule has 0 aliphatic heterocycles. The lowest BCUT2D eigenvalue weighted by atomic mass is 9.98. The van der Waals surface area contributed by atoms with E-state index in [2.05, 4.69) is 20.8 Å². The van der Waals surface area contributed by atoms with Crippen molar-refractivity contribution < 1.29 is 14.0 Å². The van der Waals surface area contributed by atoms with Crippen LogP contribution in [-0.4, -0.2) is 28.1 Å². The van der Waals surface area contributed by atoms with Crippen LogP contribution in [0.4, 0.5) is 5.13 Å². The van der Waals surface area contributed by atoms with Crippen LogP contribution in [0.15, 0.2) is 53.1 Å². The van der Waals surface area contributed by atoms with Gasteiger partial charge in [0.1, 0.15) is 11.0 Å². The van der Waals surface area contributed by atoms with Crippen LogP contribution in [-0.2, 0) is 4.79 Å². The van der Waals surface area contributed by atoms with Crippen LogP contribution in [0.25, 0.3) is 10.6 Å². The summed E-state index contributed by atoms with van der Waals surface area (Å²) in [6.07, 6.45) is 2.14. The molecule has 1 aromatic carbocycles. The smallest absolute Gasteiger partial charge is 0.287 e. The number of nitrogens with one attached hydrogen (secondary N) is 2. The number of aromatic nitrogens is 2. The molecule has 0 aliphatic rings. The Bertz CT molecular complexity index is 893. The average Bonchev–Trinajstić information content (AvgIpc) is 3.38. The highest BCUT2D eigenvalue weighted by Crippen LogP contribution is 2.26. The molecule has 0 spiro atoms. The molecule has 0 radical (unpaired) electrons. The summed E-state index contributed by atoms with van der Waals surface area (Å²) in [5.74, 6) is -0.661. The molecule has 3 rings (SSSR count). The van der Waals surface area contributed by atoms with Crippen LogP contribution in [0.1, 0.15) is 30.8 Å². The van der Waals surface area contributed by atoms with Gasteiger partial charge in [-0.05, 0) is 18.1 Å². The first kappa shape index (κ1) is 18.8. The van der Waals surface area contributed by atoms with Gasteiger partial charge in [-0.1, -0.05) is 61.9 Å². The fourth-order valence-corrected chi connectivity index (χ4v) is 3.23. The van der Waals surface area contributed by atoms with Gasteiger partial charge in [0.05, 0.1) is 6.26 Å². The predicted molar refractivity (Wildman–Crippen MR) is 103 cm³/mol. The molecule has 7 nitrogen and oxygen atoms in total. The van der Waals surface area contributed by atoms with E-state index in [-0.39, 0.29) is 17.6 Å². The molecule has 2 unspecified atom stereocenters. The average molecular weight is 384 g/mol. The molecule has 140 valence electrons. The van der Waals surface area contributed by atoms with Gasteiger partial charge in [0.2, 0.25) is 11.0 Å². The van der Waals surface area contributed by atoms with Crippen LogP contribution < -0.4 is 10.6 Å². The monoisotopic (exact) mass is 384 g/mol. The molecule has 27 heavy (non-hydrogen) atoms. The molecule has 2 atom stereocenters. The van der Waals surface area contributed by atoms with Gasteiger partial charge in [-0.15, -0.1) is 10.2 Å². The van der Waals surface area contributed by atoms with Crippen molar-refractivity contribution in [3.05, 3.63) is 54.5 Å². The molecule has 0 fully saturated rings. The topological polar surface area (TPSA) is 97.1 Å². The van der Waals surface area contributed by atoms with E-state index in [0.29, 0.717) is 10.1 Å². The quantitative estimate of drug-likeness (QED) is 0.649. The highest BCUT2D eigenvalue weighted by molar-refractivity contribution is 7.18. The minimum Gasteiger partial charge on any atom is -0.459 e. The Morgan fingerprint density at radius 3 is 2.59 bits per heavy atom. The molecule has 2 aromatic heterocycles. The lowest BCUT2D eigenvalue weighted by molar-refractivity contribution is -0.119. The molecule has 0 bridgehead atoms. The number of rotatable bonds is 7. The molecule has 3 aromatic rings. The number of carbonyl (C=O) groups excluding carboxylic acids is 2. The zero-order valence-electron chi connectivity index (χ0n) is 15.0. The van der Waals surface area contributed by atoms with Crippen LogP contribution in [0.5, 0.6) is 0 Å². The summed E-state index contributed by atoms with van der Waals surface area (Å²) >= 11 is 1.28. The van der Waals surface area contributed by atoms with E-state index in [9.17, 15) is 9.59 Å². The van der Waals surface area contributed by atoms with Gasteiger partial charge in [-0.25, -0.2) is 0 Å². The molecule has 8 heteroatoms. The molecule has 0 saturated heterocycles. The minimum absolute atomic E-state index is 0.0644. The summed E-state index contributed by atoms with van der Waals surface area (Å²) in [5, 5.41) is 14.8. The van der Waals surface area contributed by atoms with Crippen LogP contribution >= 0.6 is 11.3 Å². The normalized spacial score (nSPS) is 13.0. The maximum absolute atomic E-state index is 12.7. The van der Waals surface area contributed by atoms with Crippen LogP contribution in [0.3, 0.4) is 0 Å². The Labute approximate surface area is 160 Å². The molecular formula is C19H20N4O3S. The minimum atomic E-state index is -0.711. The van der Waals surface area contributed by atoms with Crippen molar-refractivity contribution in [1.29, 1.82) is 0 Å². The number of hydrogen-bond donors (Lipinski definition) is 2. The van der Waals surface area contributed by atoms with Crippen LogP contribution in [0, 0.1) is 5.92 Å². The molecule has 2 N–H and O–H groups in total. The van der Waals surface area contributed by atoms with E-state index in [1.165, 1.54) is 17.6 Å². The number of amides is 2. The van der Waals surface area contributed by atoms with Crippen LogP contribution in [0.2, 0.25) is 0 Å². The third-order valence-corrected chi connectivity index (χ3v) is 5.09. The fourth-order valence-electron chi connectivity index (χ4n) is 2.48. The predicted octanol–water partition coefficient (Wildman–Crippen LogP) is 3.58. The van der Waals surface area contributed by atoms with Gasteiger partial charge in [0.25, 0.3) is 5.91 Å². The van der Waals surface area contributed by atoms with E-state index in [0.717, 1.165) is 12.0 Å². The van der Waals surface area contributed by atoms with Gasteiger partial charge in [0, 0.05) is 5.56 Å². The number of furan rings is 1. The van der Waals surface area contributed by atoms with Gasteiger partial charge in [-0.3, -0.25) is 14.9 Å². The Morgan fingerprint density at radius 2 is 1.93 bits per heavy atom. The van der Waals surface area contributed by atoms with Crippen molar-refractivity contribution >= 4 is 28.3 Å². The second-order valence-corrected chi connectivity index (χ2v) is 7.06. The van der Waals surface area contributed by atoms with Gasteiger partial charge >= 0.3 is 0 Å². The summed E-state index contributed by atoms with van der Waals surface area (Å²) in [7, 11) is 0. The second-order valence-electron chi connectivity index (χ2n) is 6.08. The molecule has 0 saturated carbocycles. The van der Waals surface area contributed by atoms with Gasteiger partial charge < -0.3 is 9.73 Å². The maximum Gasteiger partial charge on any atom is 0.287 e. The summed E-state index contributed by atoms with van der Waals surface area (Å²) in [4.78, 5) is 25.0.